The Balaban J connectivity index is 1.51. The Morgan fingerprint density at radius 1 is 0.903 bits per heavy atom. The van der Waals surface area contributed by atoms with E-state index in [1.165, 1.54) is 42.6 Å². The minimum atomic E-state index is -0.924. The van der Waals surface area contributed by atoms with Crippen molar-refractivity contribution in [2.75, 3.05) is 5.32 Å². The number of anilines is 1. The third-order valence-corrected chi connectivity index (χ3v) is 4.08. The summed E-state index contributed by atoms with van der Waals surface area (Å²) < 4.78 is 18.8. The minimum Gasteiger partial charge on any atom is -0.423 e. The summed E-state index contributed by atoms with van der Waals surface area (Å²) >= 11 is 0. The van der Waals surface area contributed by atoms with E-state index < -0.39 is 23.6 Å². The summed E-state index contributed by atoms with van der Waals surface area (Å²) in [7, 11) is 0. The van der Waals surface area contributed by atoms with E-state index in [-0.39, 0.29) is 11.3 Å². The van der Waals surface area contributed by atoms with Crippen LogP contribution < -0.4 is 15.5 Å². The molecule has 0 heterocycles. The van der Waals surface area contributed by atoms with E-state index >= 15 is 0 Å². The van der Waals surface area contributed by atoms with Crippen LogP contribution in [0, 0.1) is 12.7 Å². The Hall–Kier alpha value is -4.33. The van der Waals surface area contributed by atoms with Crippen LogP contribution in [0.1, 0.15) is 21.5 Å². The van der Waals surface area contributed by atoms with E-state index in [1.807, 2.05) is 19.1 Å². The second kappa shape index (κ2) is 9.93. The van der Waals surface area contributed by atoms with E-state index in [2.05, 4.69) is 15.8 Å². The molecule has 0 aromatic heterocycles. The van der Waals surface area contributed by atoms with Crippen molar-refractivity contribution in [2.45, 2.75) is 6.92 Å². The van der Waals surface area contributed by atoms with Crippen LogP contribution in [0.5, 0.6) is 5.75 Å². The number of hydrogen-bond acceptors (Lipinski definition) is 5. The van der Waals surface area contributed by atoms with Gasteiger partial charge in [-0.1, -0.05) is 29.8 Å². The average Bonchev–Trinajstić information content (AvgIpc) is 2.76. The summed E-state index contributed by atoms with van der Waals surface area (Å²) in [5.74, 6) is -3.04. The Morgan fingerprint density at radius 3 is 2.26 bits per heavy atom. The first kappa shape index (κ1) is 21.4. The van der Waals surface area contributed by atoms with Crippen molar-refractivity contribution in [2.24, 2.45) is 5.10 Å². The standard InChI is InChI=1S/C23H18FN3O4/c1-15-6-10-17(11-7-15)26-21(28)22(29)27-25-14-16-8-12-18(13-9-16)31-23(30)19-4-2-3-5-20(19)24/h2-14H,1H3,(H,26,28)(H,27,29). The fraction of sp³-hybridized carbons (Fsp3) is 0.0435. The van der Waals surface area contributed by atoms with Crippen LogP contribution in [0.2, 0.25) is 0 Å². The molecule has 7 nitrogen and oxygen atoms in total. The monoisotopic (exact) mass is 419 g/mol. The van der Waals surface area contributed by atoms with E-state index in [4.69, 9.17) is 4.74 Å². The molecule has 3 aromatic carbocycles. The first-order chi connectivity index (χ1) is 14.9. The van der Waals surface area contributed by atoms with E-state index in [0.29, 0.717) is 11.3 Å². The summed E-state index contributed by atoms with van der Waals surface area (Å²) in [5, 5.41) is 6.19. The van der Waals surface area contributed by atoms with Crippen molar-refractivity contribution in [1.29, 1.82) is 0 Å². The highest BCUT2D eigenvalue weighted by Gasteiger charge is 2.14. The van der Waals surface area contributed by atoms with Gasteiger partial charge in [-0.2, -0.15) is 5.10 Å². The number of amides is 2. The maximum absolute atomic E-state index is 13.6. The second-order valence-corrected chi connectivity index (χ2v) is 6.46. The van der Waals surface area contributed by atoms with Gasteiger partial charge in [0.2, 0.25) is 0 Å². The van der Waals surface area contributed by atoms with Crippen LogP contribution in [-0.4, -0.2) is 24.0 Å². The molecule has 0 aliphatic rings. The van der Waals surface area contributed by atoms with Crippen molar-refractivity contribution >= 4 is 29.7 Å². The molecule has 0 atom stereocenters. The lowest BCUT2D eigenvalue weighted by Gasteiger charge is -2.05. The summed E-state index contributed by atoms with van der Waals surface area (Å²) in [4.78, 5) is 35.7. The molecule has 0 radical (unpaired) electrons. The lowest BCUT2D eigenvalue weighted by atomic mass is 10.2. The molecule has 8 heteroatoms. The smallest absolute Gasteiger partial charge is 0.346 e. The van der Waals surface area contributed by atoms with Crippen molar-refractivity contribution in [3.8, 4) is 5.75 Å². The highest BCUT2D eigenvalue weighted by molar-refractivity contribution is 6.39. The quantitative estimate of drug-likeness (QED) is 0.218. The zero-order chi connectivity index (χ0) is 22.2. The van der Waals surface area contributed by atoms with Crippen molar-refractivity contribution in [3.05, 3.63) is 95.3 Å². The molecular formula is C23H18FN3O4. The molecule has 2 N–H and O–H groups in total. The van der Waals surface area contributed by atoms with Crippen LogP contribution in [0.15, 0.2) is 77.9 Å². The van der Waals surface area contributed by atoms with Gasteiger partial charge in [-0.15, -0.1) is 0 Å². The predicted octanol–water partition coefficient (Wildman–Crippen LogP) is 3.44. The van der Waals surface area contributed by atoms with Gasteiger partial charge in [0, 0.05) is 5.69 Å². The summed E-state index contributed by atoms with van der Waals surface area (Å²) in [6, 6.07) is 18.6. The Bertz CT molecular complexity index is 1130. The maximum atomic E-state index is 13.6. The molecule has 156 valence electrons. The largest absolute Gasteiger partial charge is 0.423 e. The Kier molecular flexibility index (Phi) is 6.85. The number of carbonyl (C=O) groups excluding carboxylic acids is 3. The van der Waals surface area contributed by atoms with E-state index in [1.54, 1.807) is 24.3 Å². The molecule has 3 aromatic rings. The lowest BCUT2D eigenvalue weighted by Crippen LogP contribution is -2.32. The van der Waals surface area contributed by atoms with Crippen molar-refractivity contribution in [1.82, 2.24) is 5.43 Å². The van der Waals surface area contributed by atoms with Crippen LogP contribution in [0.3, 0.4) is 0 Å². The molecule has 0 saturated heterocycles. The number of halogens is 1. The number of aryl methyl sites for hydroxylation is 1. The minimum absolute atomic E-state index is 0.167. The number of benzene rings is 3. The van der Waals surface area contributed by atoms with Crippen LogP contribution in [0.25, 0.3) is 0 Å². The summed E-state index contributed by atoms with van der Waals surface area (Å²) in [6.07, 6.45) is 1.32. The molecule has 0 aliphatic heterocycles. The average molecular weight is 419 g/mol. The van der Waals surface area contributed by atoms with Crippen LogP contribution in [-0.2, 0) is 9.59 Å². The summed E-state index contributed by atoms with van der Waals surface area (Å²) in [5.41, 5.74) is 4.06. The number of rotatable bonds is 5. The van der Waals surface area contributed by atoms with Gasteiger partial charge in [-0.25, -0.2) is 14.6 Å². The molecule has 0 spiro atoms. The number of nitrogens with one attached hydrogen (secondary N) is 2. The number of hydrogen-bond donors (Lipinski definition) is 2. The fourth-order valence-electron chi connectivity index (χ4n) is 2.45. The zero-order valence-electron chi connectivity index (χ0n) is 16.5. The number of ether oxygens (including phenoxy) is 1. The molecule has 0 unspecified atom stereocenters. The molecular weight excluding hydrogens is 401 g/mol. The van der Waals surface area contributed by atoms with E-state index in [9.17, 15) is 18.8 Å². The zero-order valence-corrected chi connectivity index (χ0v) is 16.5. The Labute approximate surface area is 177 Å². The van der Waals surface area contributed by atoms with Gasteiger partial charge in [0.05, 0.1) is 11.8 Å². The van der Waals surface area contributed by atoms with Crippen molar-refractivity contribution in [3.63, 3.8) is 0 Å². The predicted molar refractivity (Wildman–Crippen MR) is 113 cm³/mol. The molecule has 0 bridgehead atoms. The number of carbonyl (C=O) groups is 3. The van der Waals surface area contributed by atoms with Gasteiger partial charge in [-0.3, -0.25) is 9.59 Å². The van der Waals surface area contributed by atoms with Crippen molar-refractivity contribution < 1.29 is 23.5 Å². The normalized spacial score (nSPS) is 10.5. The summed E-state index contributed by atoms with van der Waals surface area (Å²) in [6.45, 7) is 1.91. The van der Waals surface area contributed by atoms with Gasteiger partial charge in [0.15, 0.2) is 0 Å². The number of nitrogens with zero attached hydrogens (tertiary/aromatic N) is 1. The van der Waals surface area contributed by atoms with Gasteiger partial charge >= 0.3 is 17.8 Å². The highest BCUT2D eigenvalue weighted by atomic mass is 19.1. The third-order valence-electron chi connectivity index (χ3n) is 4.08. The van der Waals surface area contributed by atoms with Gasteiger partial charge in [-0.05, 0) is 61.0 Å². The maximum Gasteiger partial charge on any atom is 0.346 e. The SMILES string of the molecule is Cc1ccc(NC(=O)C(=O)NN=Cc2ccc(OC(=O)c3ccccc3F)cc2)cc1. The molecule has 0 saturated carbocycles. The van der Waals surface area contributed by atoms with E-state index in [0.717, 1.165) is 5.56 Å². The molecule has 2 amide bonds. The highest BCUT2D eigenvalue weighted by Crippen LogP contribution is 2.15. The van der Waals surface area contributed by atoms with Gasteiger partial charge < -0.3 is 10.1 Å². The fourth-order valence-corrected chi connectivity index (χ4v) is 2.45. The molecule has 0 fully saturated rings. The first-order valence-electron chi connectivity index (χ1n) is 9.20. The topological polar surface area (TPSA) is 96.9 Å². The van der Waals surface area contributed by atoms with Gasteiger partial charge in [0.1, 0.15) is 11.6 Å². The number of hydrazone groups is 1. The second-order valence-electron chi connectivity index (χ2n) is 6.46. The lowest BCUT2D eigenvalue weighted by molar-refractivity contribution is -0.136. The molecule has 0 aliphatic carbocycles. The number of esters is 1. The third kappa shape index (κ3) is 6.07. The molecule has 3 rings (SSSR count). The Morgan fingerprint density at radius 2 is 1.58 bits per heavy atom. The molecule has 31 heavy (non-hydrogen) atoms. The first-order valence-corrected chi connectivity index (χ1v) is 9.20. The van der Waals surface area contributed by atoms with Crippen LogP contribution >= 0.6 is 0 Å². The van der Waals surface area contributed by atoms with Crippen LogP contribution in [0.4, 0.5) is 10.1 Å². The van der Waals surface area contributed by atoms with Gasteiger partial charge in [0.25, 0.3) is 0 Å².